The van der Waals surface area contributed by atoms with Crippen LogP contribution in [-0.2, 0) is 22.3 Å². The molecule has 160 valence electrons. The van der Waals surface area contributed by atoms with Crippen molar-refractivity contribution < 1.29 is 14.1 Å². The molecule has 0 radical (unpaired) electrons. The number of fused-ring (bicyclic) bond motifs is 1. The van der Waals surface area contributed by atoms with Gasteiger partial charge in [-0.15, -0.1) is 0 Å². The SMILES string of the molecule is C[C@@H]1OCC2(CCN(c3nc4cn[nH]c4nc3CO)CC2)[C@@H]1NS(=O)C(C)(C)C. The lowest BCUT2D eigenvalue weighted by atomic mass is 9.73. The maximum absolute atomic E-state index is 12.7. The minimum Gasteiger partial charge on any atom is -0.390 e. The fourth-order valence-corrected chi connectivity index (χ4v) is 5.30. The highest BCUT2D eigenvalue weighted by Crippen LogP contribution is 2.43. The van der Waals surface area contributed by atoms with E-state index in [0.29, 0.717) is 29.3 Å². The summed E-state index contributed by atoms with van der Waals surface area (Å²) in [5.41, 5.74) is 1.77. The second-order valence-electron chi connectivity index (χ2n) is 9.10. The highest BCUT2D eigenvalue weighted by Gasteiger charge is 2.50. The molecule has 0 bridgehead atoms. The third-order valence-electron chi connectivity index (χ3n) is 6.09. The van der Waals surface area contributed by atoms with E-state index in [1.807, 2.05) is 20.8 Å². The zero-order valence-electron chi connectivity index (χ0n) is 17.4. The van der Waals surface area contributed by atoms with Crippen molar-refractivity contribution in [3.8, 4) is 0 Å². The van der Waals surface area contributed by atoms with E-state index in [4.69, 9.17) is 4.74 Å². The lowest BCUT2D eigenvalue weighted by Gasteiger charge is -2.43. The number of ether oxygens (including phenoxy) is 1. The lowest BCUT2D eigenvalue weighted by Crippen LogP contribution is -2.55. The van der Waals surface area contributed by atoms with Crippen LogP contribution in [0.25, 0.3) is 11.2 Å². The van der Waals surface area contributed by atoms with Gasteiger partial charge in [-0.05, 0) is 40.5 Å². The van der Waals surface area contributed by atoms with Gasteiger partial charge in [-0.2, -0.15) is 5.10 Å². The Morgan fingerprint density at radius 3 is 2.76 bits per heavy atom. The molecule has 2 aliphatic rings. The Morgan fingerprint density at radius 2 is 2.10 bits per heavy atom. The quantitative estimate of drug-likeness (QED) is 0.679. The van der Waals surface area contributed by atoms with Gasteiger partial charge in [0, 0.05) is 18.5 Å². The van der Waals surface area contributed by atoms with Gasteiger partial charge in [-0.1, -0.05) is 0 Å². The summed E-state index contributed by atoms with van der Waals surface area (Å²) in [5, 5.41) is 16.6. The summed E-state index contributed by atoms with van der Waals surface area (Å²) in [6.45, 7) is 10.0. The number of aromatic nitrogens is 4. The first-order valence-electron chi connectivity index (χ1n) is 10.1. The molecule has 3 atom stereocenters. The number of hydrogen-bond acceptors (Lipinski definition) is 7. The van der Waals surface area contributed by atoms with Crippen LogP contribution in [-0.4, -0.2) is 66.1 Å². The molecule has 9 nitrogen and oxygen atoms in total. The van der Waals surface area contributed by atoms with E-state index in [2.05, 4.69) is 36.7 Å². The molecule has 2 aromatic rings. The Bertz CT molecular complexity index is 903. The molecule has 0 aliphatic carbocycles. The summed E-state index contributed by atoms with van der Waals surface area (Å²) < 4.78 is 21.8. The van der Waals surface area contributed by atoms with Gasteiger partial charge in [0.2, 0.25) is 0 Å². The molecule has 2 saturated heterocycles. The average Bonchev–Trinajstić information content (AvgIpc) is 3.26. The molecular weight excluding hydrogens is 392 g/mol. The van der Waals surface area contributed by atoms with Gasteiger partial charge in [0.15, 0.2) is 11.5 Å². The summed E-state index contributed by atoms with van der Waals surface area (Å²) in [6, 6.07) is 0.0458. The van der Waals surface area contributed by atoms with Crippen molar-refractivity contribution in [2.24, 2.45) is 5.41 Å². The maximum atomic E-state index is 12.7. The molecule has 1 unspecified atom stereocenters. The number of H-pyrrole nitrogens is 1. The van der Waals surface area contributed by atoms with Crippen molar-refractivity contribution in [1.29, 1.82) is 0 Å². The van der Waals surface area contributed by atoms with E-state index < -0.39 is 11.0 Å². The number of rotatable bonds is 4. The molecule has 2 aliphatic heterocycles. The number of nitrogens with zero attached hydrogens (tertiary/aromatic N) is 4. The third-order valence-corrected chi connectivity index (χ3v) is 7.67. The summed E-state index contributed by atoms with van der Waals surface area (Å²) in [6.07, 6.45) is 3.45. The fourth-order valence-electron chi connectivity index (χ4n) is 4.27. The van der Waals surface area contributed by atoms with Crippen molar-refractivity contribution in [2.45, 2.75) is 64.0 Å². The smallest absolute Gasteiger partial charge is 0.174 e. The van der Waals surface area contributed by atoms with Crippen LogP contribution in [0.15, 0.2) is 6.20 Å². The van der Waals surface area contributed by atoms with Crippen LogP contribution in [0.1, 0.15) is 46.2 Å². The molecule has 29 heavy (non-hydrogen) atoms. The number of piperidine rings is 1. The molecule has 2 fully saturated rings. The van der Waals surface area contributed by atoms with Crippen molar-refractivity contribution in [2.75, 3.05) is 24.6 Å². The molecule has 0 aromatic carbocycles. The lowest BCUT2D eigenvalue weighted by molar-refractivity contribution is 0.0973. The number of hydrogen-bond donors (Lipinski definition) is 3. The van der Waals surface area contributed by atoms with E-state index in [1.54, 1.807) is 6.20 Å². The third kappa shape index (κ3) is 3.78. The fraction of sp³-hybridized carbons (Fsp3) is 0.737. The Labute approximate surface area is 173 Å². The summed E-state index contributed by atoms with van der Waals surface area (Å²) >= 11 is 0. The molecule has 3 N–H and O–H groups in total. The van der Waals surface area contributed by atoms with Gasteiger partial charge in [-0.25, -0.2) is 18.9 Å². The van der Waals surface area contributed by atoms with E-state index in [1.165, 1.54) is 0 Å². The van der Waals surface area contributed by atoms with Gasteiger partial charge < -0.3 is 14.7 Å². The van der Waals surface area contributed by atoms with E-state index >= 15 is 0 Å². The van der Waals surface area contributed by atoms with Gasteiger partial charge in [0.25, 0.3) is 0 Å². The van der Waals surface area contributed by atoms with Crippen molar-refractivity contribution in [3.63, 3.8) is 0 Å². The van der Waals surface area contributed by atoms with E-state index in [-0.39, 0.29) is 28.9 Å². The first-order chi connectivity index (χ1) is 13.7. The van der Waals surface area contributed by atoms with Crippen LogP contribution in [0.5, 0.6) is 0 Å². The predicted molar refractivity (Wildman–Crippen MR) is 112 cm³/mol. The number of aliphatic hydroxyl groups excluding tert-OH is 1. The summed E-state index contributed by atoms with van der Waals surface area (Å²) in [4.78, 5) is 11.3. The predicted octanol–water partition coefficient (Wildman–Crippen LogP) is 1.27. The molecule has 2 aromatic heterocycles. The zero-order valence-corrected chi connectivity index (χ0v) is 18.3. The van der Waals surface area contributed by atoms with Crippen LogP contribution in [0, 0.1) is 5.41 Å². The molecular formula is C19H30N6O3S. The number of aliphatic hydroxyl groups is 1. The highest BCUT2D eigenvalue weighted by molar-refractivity contribution is 7.84. The van der Waals surface area contributed by atoms with Crippen LogP contribution in [0.4, 0.5) is 5.82 Å². The average molecular weight is 423 g/mol. The zero-order chi connectivity index (χ0) is 20.8. The van der Waals surface area contributed by atoms with E-state index in [9.17, 15) is 9.32 Å². The van der Waals surface area contributed by atoms with Crippen LogP contribution in [0.3, 0.4) is 0 Å². The minimum atomic E-state index is -1.15. The van der Waals surface area contributed by atoms with Crippen molar-refractivity contribution in [1.82, 2.24) is 24.9 Å². The highest BCUT2D eigenvalue weighted by atomic mass is 32.2. The molecule has 4 heterocycles. The minimum absolute atomic E-state index is 0.0166. The Morgan fingerprint density at radius 1 is 1.38 bits per heavy atom. The van der Waals surface area contributed by atoms with Gasteiger partial charge in [-0.3, -0.25) is 5.10 Å². The van der Waals surface area contributed by atoms with Crippen LogP contribution < -0.4 is 9.62 Å². The number of nitrogens with one attached hydrogen (secondary N) is 2. The Hall–Kier alpha value is -1.62. The Kier molecular flexibility index (Phi) is 5.39. The standard InChI is InChI=1S/C19H30N6O3S/c1-12-15(24-29(27)18(2,3)4)19(11-28-12)5-7-25(8-6-19)17-14(10-26)21-16-13(22-17)9-20-23-16/h9,12,15,24,26H,5-8,10-11H2,1-4H3,(H,20,21,23)/t12-,15+,29?/m0/s1. The monoisotopic (exact) mass is 422 g/mol. The first kappa shape index (κ1) is 20.6. The van der Waals surface area contributed by atoms with Crippen LogP contribution in [0.2, 0.25) is 0 Å². The topological polar surface area (TPSA) is 116 Å². The van der Waals surface area contributed by atoms with Gasteiger partial charge in [0.05, 0.1) is 47.3 Å². The van der Waals surface area contributed by atoms with E-state index in [0.717, 1.165) is 25.9 Å². The second kappa shape index (κ2) is 7.57. The molecule has 4 rings (SSSR count). The number of aromatic amines is 1. The number of anilines is 1. The van der Waals surface area contributed by atoms with Gasteiger partial charge >= 0.3 is 0 Å². The molecule has 1 spiro atoms. The van der Waals surface area contributed by atoms with Gasteiger partial charge in [0.1, 0.15) is 11.2 Å². The van der Waals surface area contributed by atoms with Crippen LogP contribution >= 0.6 is 0 Å². The maximum Gasteiger partial charge on any atom is 0.174 e. The molecule has 0 amide bonds. The molecule has 0 saturated carbocycles. The largest absolute Gasteiger partial charge is 0.390 e. The Balaban J connectivity index is 1.53. The second-order valence-corrected chi connectivity index (χ2v) is 11.1. The summed E-state index contributed by atoms with van der Waals surface area (Å²) in [7, 11) is -1.15. The first-order valence-corrected chi connectivity index (χ1v) is 11.2. The summed E-state index contributed by atoms with van der Waals surface area (Å²) in [5.74, 6) is 0.714. The van der Waals surface area contributed by atoms with Crippen molar-refractivity contribution >= 4 is 28.0 Å². The molecule has 10 heteroatoms. The normalized spacial score (nSPS) is 25.8. The van der Waals surface area contributed by atoms with Crippen molar-refractivity contribution in [3.05, 3.63) is 11.9 Å².